The molecule has 1 aromatic heterocycles. The van der Waals surface area contributed by atoms with Gasteiger partial charge in [0.1, 0.15) is 11.9 Å². The lowest BCUT2D eigenvalue weighted by atomic mass is 10.1. The van der Waals surface area contributed by atoms with Gasteiger partial charge in [-0.3, -0.25) is 14.6 Å². The predicted octanol–water partition coefficient (Wildman–Crippen LogP) is 5.65. The third-order valence-corrected chi connectivity index (χ3v) is 6.04. The second-order valence-electron chi connectivity index (χ2n) is 8.87. The number of likely N-dealkylation sites (tertiary alicyclic amines) is 1. The number of hydrogen-bond acceptors (Lipinski definition) is 4. The number of halogens is 3. The number of nitrogens with one attached hydrogen (secondary N) is 1. The maximum Gasteiger partial charge on any atom is 0.416 e. The Labute approximate surface area is 207 Å². The lowest BCUT2D eigenvalue weighted by Crippen LogP contribution is -2.41. The number of carbonyl (C=O) groups excluding carboxylic acids is 2. The van der Waals surface area contributed by atoms with E-state index in [1.54, 1.807) is 35.5 Å². The molecule has 36 heavy (non-hydrogen) atoms. The van der Waals surface area contributed by atoms with Crippen molar-refractivity contribution in [2.24, 2.45) is 0 Å². The number of benzene rings is 2. The van der Waals surface area contributed by atoms with E-state index in [9.17, 15) is 22.8 Å². The van der Waals surface area contributed by atoms with Crippen LogP contribution >= 0.6 is 0 Å². The zero-order chi connectivity index (χ0) is 25.9. The van der Waals surface area contributed by atoms with Gasteiger partial charge in [0.15, 0.2) is 0 Å². The molecule has 2 amide bonds. The Balaban J connectivity index is 1.38. The predicted molar refractivity (Wildman–Crippen MR) is 129 cm³/mol. The number of rotatable bonds is 5. The van der Waals surface area contributed by atoms with Gasteiger partial charge in [0.2, 0.25) is 0 Å². The normalized spacial score (nSPS) is 14.4. The smallest absolute Gasteiger partial charge is 0.416 e. The van der Waals surface area contributed by atoms with Crippen LogP contribution in [0.2, 0.25) is 0 Å². The van der Waals surface area contributed by atoms with E-state index >= 15 is 0 Å². The van der Waals surface area contributed by atoms with Gasteiger partial charge < -0.3 is 15.0 Å². The molecule has 4 rings (SSSR count). The van der Waals surface area contributed by atoms with Crippen LogP contribution in [0, 0.1) is 13.8 Å². The minimum absolute atomic E-state index is 0.0554. The number of alkyl halides is 3. The van der Waals surface area contributed by atoms with Crippen LogP contribution in [-0.4, -0.2) is 40.9 Å². The second-order valence-corrected chi connectivity index (χ2v) is 8.87. The molecule has 3 aromatic rings. The van der Waals surface area contributed by atoms with Crippen LogP contribution in [0.25, 0.3) is 0 Å². The van der Waals surface area contributed by atoms with Crippen LogP contribution in [0.5, 0.6) is 5.75 Å². The summed E-state index contributed by atoms with van der Waals surface area (Å²) in [5, 5.41) is 2.64. The number of pyridine rings is 1. The Morgan fingerprint density at radius 3 is 2.44 bits per heavy atom. The molecule has 2 heterocycles. The fourth-order valence-corrected chi connectivity index (χ4v) is 4.06. The third kappa shape index (κ3) is 6.02. The molecule has 1 saturated heterocycles. The highest BCUT2D eigenvalue weighted by molar-refractivity contribution is 6.04. The SMILES string of the molecule is Cc1cncc(C(=O)N2CCC(Oc3cc(NC(=O)c4cccc(C(F)(F)F)c4)ccc3C)CC2)c1. The Kier molecular flexibility index (Phi) is 7.28. The molecule has 1 aliphatic rings. The topological polar surface area (TPSA) is 71.5 Å². The van der Waals surface area contributed by atoms with E-state index in [-0.39, 0.29) is 17.6 Å². The fourth-order valence-electron chi connectivity index (χ4n) is 4.06. The lowest BCUT2D eigenvalue weighted by molar-refractivity contribution is -0.137. The van der Waals surface area contributed by atoms with Gasteiger partial charge in [-0.25, -0.2) is 0 Å². The summed E-state index contributed by atoms with van der Waals surface area (Å²) in [5.41, 5.74) is 1.79. The van der Waals surface area contributed by atoms with E-state index in [0.29, 0.717) is 42.9 Å². The first-order valence-corrected chi connectivity index (χ1v) is 11.6. The first-order valence-electron chi connectivity index (χ1n) is 11.6. The van der Waals surface area contributed by atoms with E-state index in [2.05, 4.69) is 10.3 Å². The summed E-state index contributed by atoms with van der Waals surface area (Å²) in [6, 6.07) is 11.2. The molecule has 188 valence electrons. The summed E-state index contributed by atoms with van der Waals surface area (Å²) in [5.74, 6) is -0.127. The van der Waals surface area contributed by atoms with Crippen molar-refractivity contribution in [1.29, 1.82) is 0 Å². The van der Waals surface area contributed by atoms with Gasteiger partial charge in [-0.05, 0) is 55.3 Å². The van der Waals surface area contributed by atoms with Crippen LogP contribution in [0.3, 0.4) is 0 Å². The van der Waals surface area contributed by atoms with E-state index in [0.717, 1.165) is 23.3 Å². The number of amides is 2. The number of hydrogen-bond donors (Lipinski definition) is 1. The molecule has 9 heteroatoms. The van der Waals surface area contributed by atoms with Gasteiger partial charge >= 0.3 is 6.18 Å². The molecule has 6 nitrogen and oxygen atoms in total. The fraction of sp³-hybridized carbons (Fsp3) is 0.296. The van der Waals surface area contributed by atoms with Gasteiger partial charge in [0.05, 0.1) is 11.1 Å². The zero-order valence-corrected chi connectivity index (χ0v) is 19.9. The Hall–Kier alpha value is -3.88. The Bertz CT molecular complexity index is 1270. The molecule has 0 unspecified atom stereocenters. The van der Waals surface area contributed by atoms with Crippen molar-refractivity contribution in [2.45, 2.75) is 39.0 Å². The van der Waals surface area contributed by atoms with Gasteiger partial charge in [-0.15, -0.1) is 0 Å². The molecule has 1 aliphatic heterocycles. The number of piperidine rings is 1. The number of aromatic nitrogens is 1. The van der Waals surface area contributed by atoms with Crippen molar-refractivity contribution < 1.29 is 27.5 Å². The van der Waals surface area contributed by atoms with E-state index in [4.69, 9.17) is 4.74 Å². The first-order chi connectivity index (χ1) is 17.1. The lowest BCUT2D eigenvalue weighted by Gasteiger charge is -2.32. The van der Waals surface area contributed by atoms with Crippen LogP contribution < -0.4 is 10.1 Å². The molecule has 0 saturated carbocycles. The van der Waals surface area contributed by atoms with Crippen LogP contribution in [-0.2, 0) is 6.18 Å². The van der Waals surface area contributed by atoms with Crippen molar-refractivity contribution in [3.05, 3.63) is 88.7 Å². The molecule has 0 spiro atoms. The van der Waals surface area contributed by atoms with Crippen LogP contribution in [0.4, 0.5) is 18.9 Å². The number of carbonyl (C=O) groups is 2. The Morgan fingerprint density at radius 1 is 1.00 bits per heavy atom. The molecule has 2 aromatic carbocycles. The number of aryl methyl sites for hydroxylation is 2. The molecule has 1 fully saturated rings. The molecular formula is C27H26F3N3O3. The standard InChI is InChI=1S/C27H26F3N3O3/c1-17-12-20(16-31-15-17)26(35)33-10-8-23(9-11-33)36-24-14-22(7-6-18(24)2)32-25(34)19-4-3-5-21(13-19)27(28,29)30/h3-7,12-16,23H,8-11H2,1-2H3,(H,32,34). The zero-order valence-electron chi connectivity index (χ0n) is 19.9. The second kappa shape index (κ2) is 10.4. The highest BCUT2D eigenvalue weighted by Crippen LogP contribution is 2.30. The van der Waals surface area contributed by atoms with Crippen molar-refractivity contribution in [1.82, 2.24) is 9.88 Å². The van der Waals surface area contributed by atoms with Crippen molar-refractivity contribution in [3.8, 4) is 5.75 Å². The minimum Gasteiger partial charge on any atom is -0.490 e. The van der Waals surface area contributed by atoms with E-state index in [1.165, 1.54) is 12.1 Å². The maximum absolute atomic E-state index is 13.0. The van der Waals surface area contributed by atoms with Gasteiger partial charge in [0, 0.05) is 55.6 Å². The van der Waals surface area contributed by atoms with Crippen LogP contribution in [0.15, 0.2) is 60.9 Å². The molecule has 1 N–H and O–H groups in total. The summed E-state index contributed by atoms with van der Waals surface area (Å²) >= 11 is 0. The monoisotopic (exact) mass is 497 g/mol. The summed E-state index contributed by atoms with van der Waals surface area (Å²) in [6.07, 6.45) is -0.0808. The number of anilines is 1. The molecule has 0 aliphatic carbocycles. The van der Waals surface area contributed by atoms with Gasteiger partial charge in [-0.2, -0.15) is 13.2 Å². The molecular weight excluding hydrogens is 471 g/mol. The first kappa shape index (κ1) is 25.2. The quantitative estimate of drug-likeness (QED) is 0.494. The Morgan fingerprint density at radius 2 is 1.75 bits per heavy atom. The van der Waals surface area contributed by atoms with Crippen molar-refractivity contribution in [3.63, 3.8) is 0 Å². The van der Waals surface area contributed by atoms with Gasteiger partial charge in [-0.1, -0.05) is 12.1 Å². The number of ether oxygens (including phenoxy) is 1. The highest BCUT2D eigenvalue weighted by atomic mass is 19.4. The van der Waals surface area contributed by atoms with Crippen molar-refractivity contribution >= 4 is 17.5 Å². The van der Waals surface area contributed by atoms with Gasteiger partial charge in [0.25, 0.3) is 11.8 Å². The highest BCUT2D eigenvalue weighted by Gasteiger charge is 2.31. The van der Waals surface area contributed by atoms with E-state index in [1.807, 2.05) is 19.9 Å². The van der Waals surface area contributed by atoms with E-state index < -0.39 is 17.6 Å². The molecule has 0 atom stereocenters. The number of nitrogens with zero attached hydrogens (tertiary/aromatic N) is 2. The summed E-state index contributed by atoms with van der Waals surface area (Å²) in [6.45, 7) is 4.85. The summed E-state index contributed by atoms with van der Waals surface area (Å²) in [7, 11) is 0. The summed E-state index contributed by atoms with van der Waals surface area (Å²) < 4.78 is 45.1. The largest absolute Gasteiger partial charge is 0.490 e. The maximum atomic E-state index is 13.0. The van der Waals surface area contributed by atoms with Crippen molar-refractivity contribution in [2.75, 3.05) is 18.4 Å². The molecule has 0 bridgehead atoms. The minimum atomic E-state index is -4.53. The average molecular weight is 498 g/mol. The van der Waals surface area contributed by atoms with Crippen LogP contribution in [0.1, 0.15) is 50.2 Å². The average Bonchev–Trinajstić information content (AvgIpc) is 2.85. The molecule has 0 radical (unpaired) electrons. The summed E-state index contributed by atoms with van der Waals surface area (Å²) in [4.78, 5) is 31.2. The third-order valence-electron chi connectivity index (χ3n) is 6.04.